The number of β-amino-alcohol motifs (C(OH)–C–C–N with tert-alkyl or cyclic N) is 1. The lowest BCUT2D eigenvalue weighted by Gasteiger charge is -2.40. The van der Waals surface area contributed by atoms with Gasteiger partial charge in [-0.05, 0) is 25.0 Å². The van der Waals surface area contributed by atoms with Gasteiger partial charge in [-0.3, -0.25) is 4.79 Å². The number of carbonyl (C=O) groups excluding carboxylic acids is 1. The average molecular weight is 356 g/mol. The van der Waals surface area contributed by atoms with Crippen molar-refractivity contribution in [3.63, 3.8) is 0 Å². The molecule has 0 saturated carbocycles. The molecular weight excluding hydrogens is 337 g/mol. The number of hydrogen-bond donors (Lipinski definition) is 1. The van der Waals surface area contributed by atoms with Crippen molar-refractivity contribution in [1.82, 2.24) is 9.88 Å². The van der Waals surface area contributed by atoms with Gasteiger partial charge in [0, 0.05) is 27.2 Å². The van der Waals surface area contributed by atoms with Crippen LogP contribution in [0.5, 0.6) is 0 Å². The number of nitrogens with zero attached hydrogens (tertiary/aromatic N) is 4. The zero-order chi connectivity index (χ0) is 18.8. The van der Waals surface area contributed by atoms with Crippen LogP contribution in [0.25, 0.3) is 0 Å². The second-order valence-electron chi connectivity index (χ2n) is 6.39. The Morgan fingerprint density at radius 1 is 1.48 bits per heavy atom. The summed E-state index contributed by atoms with van der Waals surface area (Å²) in [7, 11) is 3.13. The van der Waals surface area contributed by atoms with Gasteiger partial charge in [0.15, 0.2) is 0 Å². The van der Waals surface area contributed by atoms with Gasteiger partial charge in [0.2, 0.25) is 5.91 Å². The summed E-state index contributed by atoms with van der Waals surface area (Å²) in [5.74, 6) is -0.394. The Morgan fingerprint density at radius 3 is 2.72 bits per heavy atom. The van der Waals surface area contributed by atoms with Crippen LogP contribution in [0.2, 0.25) is 0 Å². The third-order valence-corrected chi connectivity index (χ3v) is 4.12. The van der Waals surface area contributed by atoms with Gasteiger partial charge in [-0.15, -0.1) is 0 Å². The van der Waals surface area contributed by atoms with Crippen LogP contribution in [-0.4, -0.2) is 53.7 Å². The van der Waals surface area contributed by atoms with E-state index in [1.54, 1.807) is 14.1 Å². The van der Waals surface area contributed by atoms with Gasteiger partial charge >= 0.3 is 6.18 Å². The molecule has 136 valence electrons. The van der Waals surface area contributed by atoms with Gasteiger partial charge in [-0.1, -0.05) is 0 Å². The van der Waals surface area contributed by atoms with E-state index in [1.165, 1.54) is 9.80 Å². The van der Waals surface area contributed by atoms with E-state index < -0.39 is 17.5 Å². The van der Waals surface area contributed by atoms with E-state index in [0.717, 1.165) is 12.1 Å². The van der Waals surface area contributed by atoms with Crippen LogP contribution in [0.4, 0.5) is 19.0 Å². The molecule has 0 aromatic carbocycles. The van der Waals surface area contributed by atoms with Crippen LogP contribution in [-0.2, 0) is 11.0 Å². The highest BCUT2D eigenvalue weighted by Crippen LogP contribution is 2.33. The number of halogens is 3. The predicted octanol–water partition coefficient (Wildman–Crippen LogP) is 1.78. The van der Waals surface area contributed by atoms with E-state index in [-0.39, 0.29) is 30.3 Å². The Morgan fingerprint density at radius 2 is 2.16 bits per heavy atom. The first-order valence-corrected chi connectivity index (χ1v) is 7.71. The molecule has 1 atom stereocenters. The number of amides is 1. The molecule has 0 bridgehead atoms. The summed E-state index contributed by atoms with van der Waals surface area (Å²) < 4.78 is 38.8. The summed E-state index contributed by atoms with van der Waals surface area (Å²) in [6, 6.07) is 3.66. The molecule has 0 radical (unpaired) electrons. The number of nitriles is 1. The minimum absolute atomic E-state index is 0.00353. The second kappa shape index (κ2) is 6.88. The fraction of sp³-hybridized carbons (Fsp3) is 0.562. The molecule has 1 aliphatic rings. The maximum Gasteiger partial charge on any atom is 0.433 e. The van der Waals surface area contributed by atoms with E-state index in [0.29, 0.717) is 19.4 Å². The zero-order valence-corrected chi connectivity index (χ0v) is 14.0. The van der Waals surface area contributed by atoms with Crippen molar-refractivity contribution < 1.29 is 23.1 Å². The fourth-order valence-corrected chi connectivity index (χ4v) is 2.81. The number of anilines is 1. The van der Waals surface area contributed by atoms with Crippen LogP contribution < -0.4 is 4.90 Å². The second-order valence-corrected chi connectivity index (χ2v) is 6.39. The van der Waals surface area contributed by atoms with E-state index in [9.17, 15) is 23.1 Å². The number of carbonyl (C=O) groups is 1. The topological polar surface area (TPSA) is 80.5 Å². The maximum atomic E-state index is 12.9. The van der Waals surface area contributed by atoms with E-state index in [1.807, 2.05) is 6.07 Å². The minimum Gasteiger partial charge on any atom is -0.388 e. The first-order chi connectivity index (χ1) is 11.6. The van der Waals surface area contributed by atoms with Crippen molar-refractivity contribution in [1.29, 1.82) is 5.26 Å². The number of aliphatic hydroxyl groups is 1. The highest BCUT2D eigenvalue weighted by Gasteiger charge is 2.38. The van der Waals surface area contributed by atoms with Crippen LogP contribution in [0.1, 0.15) is 30.5 Å². The SMILES string of the molecule is CN(C)C(=O)CC1(O)CCCN(c2nc(C(F)(F)F)ccc2C#N)C1. The molecule has 0 spiro atoms. The standard InChI is InChI=1S/C16H19F3N4O2/c1-22(2)13(24)8-15(25)6-3-7-23(10-15)14-11(9-20)4-5-12(21-14)16(17,18)19/h4-5,25H,3,6-8,10H2,1-2H3. The Balaban J connectivity index is 2.32. The quantitative estimate of drug-likeness (QED) is 0.893. The lowest BCUT2D eigenvalue weighted by molar-refractivity contribution is -0.141. The summed E-state index contributed by atoms with van der Waals surface area (Å²) >= 11 is 0. The number of piperidine rings is 1. The lowest BCUT2D eigenvalue weighted by Crippen LogP contribution is -2.51. The van der Waals surface area contributed by atoms with Gasteiger partial charge < -0.3 is 14.9 Å². The fourth-order valence-electron chi connectivity index (χ4n) is 2.81. The number of aromatic nitrogens is 1. The molecule has 1 aliphatic heterocycles. The van der Waals surface area contributed by atoms with Gasteiger partial charge in [0.25, 0.3) is 0 Å². The molecule has 6 nitrogen and oxygen atoms in total. The Hall–Kier alpha value is -2.34. The van der Waals surface area contributed by atoms with E-state index >= 15 is 0 Å². The molecule has 2 heterocycles. The molecule has 0 aliphatic carbocycles. The first kappa shape index (κ1) is 19.0. The average Bonchev–Trinajstić information content (AvgIpc) is 2.52. The van der Waals surface area contributed by atoms with Crippen molar-refractivity contribution in [2.75, 3.05) is 32.1 Å². The number of pyridine rings is 1. The van der Waals surface area contributed by atoms with Gasteiger partial charge in [0.05, 0.1) is 17.6 Å². The van der Waals surface area contributed by atoms with E-state index in [2.05, 4.69) is 4.98 Å². The summed E-state index contributed by atoms with van der Waals surface area (Å²) in [4.78, 5) is 18.3. The van der Waals surface area contributed by atoms with Crippen molar-refractivity contribution in [2.24, 2.45) is 0 Å². The number of rotatable bonds is 3. The molecular formula is C16H19F3N4O2. The molecule has 1 N–H and O–H groups in total. The third kappa shape index (κ3) is 4.39. The minimum atomic E-state index is -4.63. The number of hydrogen-bond acceptors (Lipinski definition) is 5. The smallest absolute Gasteiger partial charge is 0.388 e. The summed E-state index contributed by atoms with van der Waals surface area (Å²) in [6.07, 6.45) is -3.95. The van der Waals surface area contributed by atoms with Crippen molar-refractivity contribution in [2.45, 2.75) is 31.0 Å². The Bertz CT molecular complexity index is 700. The molecule has 9 heteroatoms. The maximum absolute atomic E-state index is 12.9. The van der Waals surface area contributed by atoms with Crippen LogP contribution in [0.3, 0.4) is 0 Å². The highest BCUT2D eigenvalue weighted by molar-refractivity contribution is 5.76. The van der Waals surface area contributed by atoms with Gasteiger partial charge in [0.1, 0.15) is 17.6 Å². The van der Waals surface area contributed by atoms with Crippen LogP contribution in [0, 0.1) is 11.3 Å². The Kier molecular flexibility index (Phi) is 5.23. The van der Waals surface area contributed by atoms with Gasteiger partial charge in [-0.25, -0.2) is 4.98 Å². The first-order valence-electron chi connectivity index (χ1n) is 7.71. The third-order valence-electron chi connectivity index (χ3n) is 4.12. The molecule has 1 aromatic rings. The van der Waals surface area contributed by atoms with Crippen molar-refractivity contribution in [3.05, 3.63) is 23.4 Å². The van der Waals surface area contributed by atoms with Crippen molar-refractivity contribution >= 4 is 11.7 Å². The molecule has 1 fully saturated rings. The largest absolute Gasteiger partial charge is 0.433 e. The summed E-state index contributed by atoms with van der Waals surface area (Å²) in [5.41, 5.74) is -2.47. The van der Waals surface area contributed by atoms with Gasteiger partial charge in [-0.2, -0.15) is 18.4 Å². The monoisotopic (exact) mass is 356 g/mol. The van der Waals surface area contributed by atoms with E-state index in [4.69, 9.17) is 5.26 Å². The summed E-state index contributed by atoms with van der Waals surface area (Å²) in [6.45, 7) is 0.289. The van der Waals surface area contributed by atoms with Crippen molar-refractivity contribution in [3.8, 4) is 6.07 Å². The van der Waals surface area contributed by atoms with Crippen LogP contribution >= 0.6 is 0 Å². The summed E-state index contributed by atoms with van der Waals surface area (Å²) in [5, 5.41) is 19.9. The zero-order valence-electron chi connectivity index (χ0n) is 14.0. The highest BCUT2D eigenvalue weighted by atomic mass is 19.4. The molecule has 1 aromatic heterocycles. The Labute approximate surface area is 143 Å². The molecule has 2 rings (SSSR count). The normalized spacial score (nSPS) is 20.9. The molecule has 1 saturated heterocycles. The lowest BCUT2D eigenvalue weighted by atomic mass is 9.89. The van der Waals surface area contributed by atoms with Crippen LogP contribution in [0.15, 0.2) is 12.1 Å². The molecule has 1 amide bonds. The molecule has 25 heavy (non-hydrogen) atoms. The predicted molar refractivity (Wildman–Crippen MR) is 83.7 cm³/mol. The molecule has 1 unspecified atom stereocenters. The number of alkyl halides is 3.